The van der Waals surface area contributed by atoms with E-state index in [1.807, 2.05) is 60.7 Å². The fourth-order valence-electron chi connectivity index (χ4n) is 2.84. The van der Waals surface area contributed by atoms with Crippen LogP contribution in [0.5, 0.6) is 17.2 Å². The zero-order valence-corrected chi connectivity index (χ0v) is 18.0. The van der Waals surface area contributed by atoms with E-state index >= 15 is 0 Å². The van der Waals surface area contributed by atoms with Crippen LogP contribution in [0.2, 0.25) is 0 Å². The van der Waals surface area contributed by atoms with Crippen LogP contribution in [0.15, 0.2) is 78.9 Å². The number of amides is 1. The van der Waals surface area contributed by atoms with E-state index in [-0.39, 0.29) is 5.91 Å². The highest BCUT2D eigenvalue weighted by Gasteiger charge is 2.08. The minimum absolute atomic E-state index is 0.195. The Kier molecular flexibility index (Phi) is 8.35. The third-order valence-electron chi connectivity index (χ3n) is 4.52. The summed E-state index contributed by atoms with van der Waals surface area (Å²) in [6.07, 6.45) is 0.972. The highest BCUT2D eigenvalue weighted by Crippen LogP contribution is 2.20. The first-order valence-electron chi connectivity index (χ1n) is 10.5. The predicted molar refractivity (Wildman–Crippen MR) is 123 cm³/mol. The molecule has 0 saturated carbocycles. The molecule has 1 N–H and O–H groups in total. The molecule has 0 radical (unpaired) electrons. The van der Waals surface area contributed by atoms with Crippen molar-refractivity contribution in [3.8, 4) is 17.2 Å². The second kappa shape index (κ2) is 11.6. The number of carbonyl (C=O) groups excluding carboxylic acids is 1. The average Bonchev–Trinajstić information content (AvgIpc) is 2.78. The van der Waals surface area contributed by atoms with Gasteiger partial charge in [0.05, 0.1) is 6.61 Å². The summed E-state index contributed by atoms with van der Waals surface area (Å²) in [7, 11) is 0. The van der Waals surface area contributed by atoms with Crippen molar-refractivity contribution in [2.24, 2.45) is 5.92 Å². The summed E-state index contributed by atoms with van der Waals surface area (Å²) >= 11 is 0. The van der Waals surface area contributed by atoms with Gasteiger partial charge >= 0.3 is 0 Å². The molecule has 5 heteroatoms. The zero-order valence-electron chi connectivity index (χ0n) is 18.0. The Morgan fingerprint density at radius 2 is 1.35 bits per heavy atom. The molecule has 162 valence electrons. The summed E-state index contributed by atoms with van der Waals surface area (Å²) < 4.78 is 17.1. The Morgan fingerprint density at radius 1 is 0.742 bits per heavy atom. The van der Waals surface area contributed by atoms with Crippen LogP contribution in [0.1, 0.15) is 30.6 Å². The lowest BCUT2D eigenvalue weighted by atomic mass is 10.1. The van der Waals surface area contributed by atoms with E-state index in [9.17, 15) is 4.79 Å². The summed E-state index contributed by atoms with van der Waals surface area (Å²) in [5.74, 6) is 2.55. The molecule has 0 aliphatic heterocycles. The first kappa shape index (κ1) is 22.2. The average molecular weight is 420 g/mol. The minimum Gasteiger partial charge on any atom is -0.494 e. The van der Waals surface area contributed by atoms with Crippen molar-refractivity contribution in [2.45, 2.75) is 20.3 Å². The molecule has 0 heterocycles. The lowest BCUT2D eigenvalue weighted by molar-refractivity contribution is 0.102. The van der Waals surface area contributed by atoms with Crippen LogP contribution in [0, 0.1) is 5.92 Å². The highest BCUT2D eigenvalue weighted by atomic mass is 16.5. The summed E-state index contributed by atoms with van der Waals surface area (Å²) in [5, 5.41) is 2.91. The molecule has 3 aromatic carbocycles. The van der Waals surface area contributed by atoms with Crippen LogP contribution in [-0.2, 0) is 0 Å². The predicted octanol–water partition coefficient (Wildman–Crippen LogP) is 5.82. The van der Waals surface area contributed by atoms with Gasteiger partial charge in [0, 0.05) is 17.3 Å². The molecule has 3 aromatic rings. The van der Waals surface area contributed by atoms with Crippen molar-refractivity contribution in [2.75, 3.05) is 25.1 Å². The molecular formula is C26H29NO4. The van der Waals surface area contributed by atoms with Crippen molar-refractivity contribution >= 4 is 11.6 Å². The van der Waals surface area contributed by atoms with Gasteiger partial charge in [-0.25, -0.2) is 0 Å². The number of anilines is 1. The van der Waals surface area contributed by atoms with Gasteiger partial charge in [0.2, 0.25) is 0 Å². The van der Waals surface area contributed by atoms with Gasteiger partial charge in [-0.1, -0.05) is 44.2 Å². The van der Waals surface area contributed by atoms with Crippen molar-refractivity contribution in [1.82, 2.24) is 0 Å². The number of rotatable bonds is 11. The highest BCUT2D eigenvalue weighted by molar-refractivity contribution is 6.04. The first-order chi connectivity index (χ1) is 15.1. The Balaban J connectivity index is 1.50. The van der Waals surface area contributed by atoms with Crippen LogP contribution in [0.4, 0.5) is 5.69 Å². The normalized spacial score (nSPS) is 10.5. The molecule has 0 aliphatic rings. The van der Waals surface area contributed by atoms with Gasteiger partial charge in [-0.3, -0.25) is 4.79 Å². The van der Waals surface area contributed by atoms with E-state index in [4.69, 9.17) is 14.2 Å². The third-order valence-corrected chi connectivity index (χ3v) is 4.52. The van der Waals surface area contributed by atoms with E-state index in [0.29, 0.717) is 48.5 Å². The van der Waals surface area contributed by atoms with Crippen molar-refractivity contribution < 1.29 is 19.0 Å². The van der Waals surface area contributed by atoms with Gasteiger partial charge < -0.3 is 19.5 Å². The van der Waals surface area contributed by atoms with Crippen LogP contribution >= 0.6 is 0 Å². The maximum absolute atomic E-state index is 12.6. The number of para-hydroxylation sites is 1. The topological polar surface area (TPSA) is 56.8 Å². The SMILES string of the molecule is CC(C)CCOc1cccc(C(=O)Nc2cccc(OCCOc3ccccc3)c2)c1. The molecular weight excluding hydrogens is 390 g/mol. The molecule has 0 unspecified atom stereocenters. The van der Waals surface area contributed by atoms with Crippen molar-refractivity contribution in [3.63, 3.8) is 0 Å². The molecule has 5 nitrogen and oxygen atoms in total. The second-order valence-electron chi connectivity index (χ2n) is 7.55. The van der Waals surface area contributed by atoms with E-state index < -0.39 is 0 Å². The monoisotopic (exact) mass is 419 g/mol. The summed E-state index contributed by atoms with van der Waals surface area (Å²) in [6.45, 7) is 5.78. The van der Waals surface area contributed by atoms with Crippen LogP contribution in [0.3, 0.4) is 0 Å². The van der Waals surface area contributed by atoms with Gasteiger partial charge in [-0.15, -0.1) is 0 Å². The Hall–Kier alpha value is -3.47. The molecule has 0 fully saturated rings. The maximum atomic E-state index is 12.6. The molecule has 31 heavy (non-hydrogen) atoms. The lowest BCUT2D eigenvalue weighted by Gasteiger charge is -2.11. The smallest absolute Gasteiger partial charge is 0.255 e. The molecule has 0 spiro atoms. The van der Waals surface area contributed by atoms with Crippen molar-refractivity contribution in [1.29, 1.82) is 0 Å². The summed E-state index contributed by atoms with van der Waals surface area (Å²) in [6, 6.07) is 24.1. The number of ether oxygens (including phenoxy) is 3. The molecule has 1 amide bonds. The summed E-state index contributed by atoms with van der Waals surface area (Å²) in [5.41, 5.74) is 1.21. The maximum Gasteiger partial charge on any atom is 0.255 e. The second-order valence-corrected chi connectivity index (χ2v) is 7.55. The number of carbonyl (C=O) groups is 1. The zero-order chi connectivity index (χ0) is 21.9. The molecule has 0 aromatic heterocycles. The number of nitrogens with one attached hydrogen (secondary N) is 1. The van der Waals surface area contributed by atoms with Crippen LogP contribution in [-0.4, -0.2) is 25.7 Å². The van der Waals surface area contributed by atoms with E-state index in [0.717, 1.165) is 12.2 Å². The molecule has 0 bridgehead atoms. The lowest BCUT2D eigenvalue weighted by Crippen LogP contribution is -2.13. The Bertz CT molecular complexity index is 956. The number of hydrogen-bond donors (Lipinski definition) is 1. The van der Waals surface area contributed by atoms with Crippen molar-refractivity contribution in [3.05, 3.63) is 84.4 Å². The largest absolute Gasteiger partial charge is 0.494 e. The summed E-state index contributed by atoms with van der Waals surface area (Å²) in [4.78, 5) is 12.6. The van der Waals surface area contributed by atoms with E-state index in [1.54, 1.807) is 18.2 Å². The fourth-order valence-corrected chi connectivity index (χ4v) is 2.84. The van der Waals surface area contributed by atoms with Gasteiger partial charge in [-0.05, 0) is 54.8 Å². The Labute approximate surface area is 184 Å². The Morgan fingerprint density at radius 3 is 2.10 bits per heavy atom. The van der Waals surface area contributed by atoms with E-state index in [2.05, 4.69) is 19.2 Å². The van der Waals surface area contributed by atoms with Crippen LogP contribution in [0.25, 0.3) is 0 Å². The van der Waals surface area contributed by atoms with Gasteiger partial charge in [0.25, 0.3) is 5.91 Å². The third kappa shape index (κ3) is 7.70. The molecule has 0 aliphatic carbocycles. The van der Waals surface area contributed by atoms with Crippen LogP contribution < -0.4 is 19.5 Å². The standard InChI is InChI=1S/C26H29NO4/c1-20(2)14-15-29-24-12-6-8-21(18-24)26(28)27-22-9-7-13-25(19-22)31-17-16-30-23-10-4-3-5-11-23/h3-13,18-20H,14-17H2,1-2H3,(H,27,28). The molecule has 0 saturated heterocycles. The van der Waals surface area contributed by atoms with Gasteiger partial charge in [0.15, 0.2) is 0 Å². The molecule has 3 rings (SSSR count). The quantitative estimate of drug-likeness (QED) is 0.398. The van der Waals surface area contributed by atoms with Gasteiger partial charge in [-0.2, -0.15) is 0 Å². The van der Waals surface area contributed by atoms with Gasteiger partial charge in [0.1, 0.15) is 30.5 Å². The number of hydrogen-bond acceptors (Lipinski definition) is 4. The van der Waals surface area contributed by atoms with E-state index in [1.165, 1.54) is 0 Å². The first-order valence-corrected chi connectivity index (χ1v) is 10.5. The molecule has 0 atom stereocenters. The minimum atomic E-state index is -0.195. The number of benzene rings is 3. The fraction of sp³-hybridized carbons (Fsp3) is 0.269.